The van der Waals surface area contributed by atoms with Crippen LogP contribution in [0.4, 0.5) is 0 Å². The van der Waals surface area contributed by atoms with E-state index in [9.17, 15) is 18.9 Å². The molecule has 0 saturated carbocycles. The average Bonchev–Trinajstić information content (AvgIpc) is 3.20. The molecule has 8 nitrogen and oxygen atoms in total. The van der Waals surface area contributed by atoms with E-state index in [0.29, 0.717) is 0 Å². The van der Waals surface area contributed by atoms with Crippen molar-refractivity contribution in [3.8, 4) is 0 Å². The Bertz CT molecular complexity index is 741. The normalized spacial score (nSPS) is 11.8. The van der Waals surface area contributed by atoms with Gasteiger partial charge in [0.2, 0.25) is 0 Å². The summed E-state index contributed by atoms with van der Waals surface area (Å²) >= 11 is 0. The van der Waals surface area contributed by atoms with Gasteiger partial charge >= 0.3 is 16.8 Å². The third kappa shape index (κ3) is 58.7. The molecule has 0 aromatic carbocycles. The smallest absolute Gasteiger partial charge is 0.756 e. The third-order valence-corrected chi connectivity index (χ3v) is 13.0. The maximum absolute atomic E-state index is 11.7. The van der Waals surface area contributed by atoms with E-state index in [1.54, 1.807) is 0 Å². The van der Waals surface area contributed by atoms with Gasteiger partial charge in [0.1, 0.15) is 0 Å². The maximum atomic E-state index is 11.7. The molecule has 0 aromatic rings. The van der Waals surface area contributed by atoms with Gasteiger partial charge < -0.3 is 27.9 Å². The minimum absolute atomic E-state index is 0. The van der Waals surface area contributed by atoms with Crippen LogP contribution in [0.25, 0.3) is 0 Å². The summed E-state index contributed by atoms with van der Waals surface area (Å²) in [5, 5.41) is 0. The minimum Gasteiger partial charge on any atom is -0.756 e. The van der Waals surface area contributed by atoms with E-state index in [4.69, 9.17) is 18.1 Å². The predicted molar refractivity (Wildman–Crippen MR) is 246 cm³/mol. The van der Waals surface area contributed by atoms with Crippen LogP contribution in [0.1, 0.15) is 285 Å². The van der Waals surface area contributed by atoms with Crippen LogP contribution >= 0.6 is 15.6 Å². The fourth-order valence-electron chi connectivity index (χ4n) is 7.14. The van der Waals surface area contributed by atoms with E-state index in [2.05, 4.69) is 27.7 Å². The van der Waals surface area contributed by atoms with Crippen LogP contribution in [0.2, 0.25) is 0 Å². The first-order valence-corrected chi connectivity index (χ1v) is 28.4. The molecule has 0 fully saturated rings. The van der Waals surface area contributed by atoms with Gasteiger partial charge in [0, 0.05) is 0 Å². The van der Waals surface area contributed by atoms with Crippen molar-refractivity contribution in [1.82, 2.24) is 0 Å². The Balaban J connectivity index is -0.00000105. The molecule has 0 heterocycles. The van der Waals surface area contributed by atoms with Crippen molar-refractivity contribution < 1.29 is 53.8 Å². The first-order chi connectivity index (χ1) is 28.2. The van der Waals surface area contributed by atoms with Gasteiger partial charge in [0.25, 0.3) is 15.6 Å². The second-order valence-electron chi connectivity index (χ2n) is 17.0. The molecule has 0 unspecified atom stereocenters. The Morgan fingerprint density at radius 2 is 0.373 bits per heavy atom. The second kappa shape index (κ2) is 53.1. The number of hydrogen-bond donors (Lipinski definition) is 0. The summed E-state index contributed by atoms with van der Waals surface area (Å²) < 4.78 is 43.4. The summed E-state index contributed by atoms with van der Waals surface area (Å²) in [6.45, 7) is 10.0. The molecule has 0 aromatic heterocycles. The molecule has 1 radical (unpaired) electrons. The number of hydrogen-bond acceptors (Lipinski definition) is 8. The van der Waals surface area contributed by atoms with E-state index in [0.717, 1.165) is 51.4 Å². The van der Waals surface area contributed by atoms with Gasteiger partial charge in [-0.15, -0.1) is 0 Å². The molecule has 0 atom stereocenters. The van der Waals surface area contributed by atoms with Crippen LogP contribution in [-0.2, 0) is 44.0 Å². The summed E-state index contributed by atoms with van der Waals surface area (Å²) in [5.74, 6) is 0. The van der Waals surface area contributed by atoms with Crippen LogP contribution in [0.15, 0.2) is 0 Å². The minimum atomic E-state index is -4.10. The van der Waals surface area contributed by atoms with Crippen molar-refractivity contribution in [2.24, 2.45) is 0 Å². The Kier molecular flexibility index (Phi) is 57.6. The van der Waals surface area contributed by atoms with Gasteiger partial charge in [0.05, 0.1) is 26.4 Å². The molecule has 0 aliphatic heterocycles. The zero-order chi connectivity index (χ0) is 42.9. The number of unbranched alkanes of at least 4 members (excludes halogenated alkanes) is 36. The Morgan fingerprint density at radius 1 is 0.254 bits per heavy atom. The van der Waals surface area contributed by atoms with Gasteiger partial charge in [-0.25, -0.2) is 0 Å². The van der Waals surface area contributed by atoms with Crippen molar-refractivity contribution in [3.05, 3.63) is 0 Å². The van der Waals surface area contributed by atoms with Crippen molar-refractivity contribution in [3.63, 3.8) is 0 Å². The largest absolute Gasteiger partial charge is 2.00 e. The molecule has 0 amide bonds. The topological polar surface area (TPSA) is 117 Å². The molecule has 0 N–H and O–H groups in total. The summed E-state index contributed by atoms with van der Waals surface area (Å²) in [7, 11) is -8.19. The molecular formula is C48H100CoO8P2. The Hall–Kier alpha value is 0.726. The van der Waals surface area contributed by atoms with Crippen LogP contribution in [-0.4, -0.2) is 26.4 Å². The van der Waals surface area contributed by atoms with E-state index in [1.807, 2.05) is 0 Å². The van der Waals surface area contributed by atoms with E-state index in [1.165, 1.54) is 205 Å². The van der Waals surface area contributed by atoms with Gasteiger partial charge in [0.15, 0.2) is 0 Å². The SMILES string of the molecule is CCCCCCCCCCCCOP(=O)([O-])OCCCCCCCCCCCC.CCCCCCCCCCCCOP(=O)([O-])OCCCCCCCCCCCC.[Co+2]. The third-order valence-electron chi connectivity index (χ3n) is 11.0. The van der Waals surface area contributed by atoms with Crippen LogP contribution in [0, 0.1) is 0 Å². The Morgan fingerprint density at radius 3 is 0.508 bits per heavy atom. The molecule has 59 heavy (non-hydrogen) atoms. The summed E-state index contributed by atoms with van der Waals surface area (Å²) in [5.41, 5.74) is 0. The van der Waals surface area contributed by atoms with Crippen molar-refractivity contribution in [2.75, 3.05) is 26.4 Å². The van der Waals surface area contributed by atoms with Crippen molar-refractivity contribution in [2.45, 2.75) is 285 Å². The average molecular weight is 926 g/mol. The summed E-state index contributed by atoms with van der Waals surface area (Å²) in [6, 6.07) is 0. The van der Waals surface area contributed by atoms with Crippen molar-refractivity contribution >= 4 is 15.6 Å². The first-order valence-electron chi connectivity index (χ1n) is 25.4. The number of phosphoric ester groups is 2. The van der Waals surface area contributed by atoms with Crippen molar-refractivity contribution in [1.29, 1.82) is 0 Å². The van der Waals surface area contributed by atoms with Gasteiger partial charge in [-0.2, -0.15) is 0 Å². The van der Waals surface area contributed by atoms with E-state index in [-0.39, 0.29) is 43.2 Å². The molecule has 0 bridgehead atoms. The standard InChI is InChI=1S/2C24H51O4P.Co/c2*1-3-5-7-9-11-13-15-17-19-21-23-27-29(25,26)28-24-22-20-18-16-14-12-10-8-6-4-2;/h2*3-24H2,1-2H3,(H,25,26);/q;;+2/p-2. The molecule has 11 heteroatoms. The molecule has 0 aliphatic rings. The predicted octanol–water partition coefficient (Wildman–Crippen LogP) is 16.7. The molecule has 0 aliphatic carbocycles. The van der Waals surface area contributed by atoms with Gasteiger partial charge in [-0.05, 0) is 25.7 Å². The molecular weight excluding hydrogens is 825 g/mol. The molecule has 0 saturated heterocycles. The van der Waals surface area contributed by atoms with Gasteiger partial charge in [-0.1, -0.05) is 259 Å². The molecule has 359 valence electrons. The maximum Gasteiger partial charge on any atom is 2.00 e. The Labute approximate surface area is 378 Å². The zero-order valence-electron chi connectivity index (χ0n) is 39.6. The second-order valence-corrected chi connectivity index (χ2v) is 19.8. The fraction of sp³-hybridized carbons (Fsp3) is 1.00. The monoisotopic (exact) mass is 926 g/mol. The van der Waals surface area contributed by atoms with E-state index >= 15 is 0 Å². The van der Waals surface area contributed by atoms with Gasteiger partial charge in [-0.3, -0.25) is 9.13 Å². The molecule has 0 rings (SSSR count). The zero-order valence-corrected chi connectivity index (χ0v) is 42.4. The van der Waals surface area contributed by atoms with Crippen LogP contribution in [0.5, 0.6) is 0 Å². The van der Waals surface area contributed by atoms with Crippen LogP contribution < -0.4 is 9.79 Å². The summed E-state index contributed by atoms with van der Waals surface area (Å²) in [4.78, 5) is 23.5. The quantitative estimate of drug-likeness (QED) is 0.0437. The van der Waals surface area contributed by atoms with Crippen LogP contribution in [0.3, 0.4) is 0 Å². The number of phosphoric acid groups is 2. The van der Waals surface area contributed by atoms with E-state index < -0.39 is 15.6 Å². The fourth-order valence-corrected chi connectivity index (χ4v) is 8.70. The number of rotatable bonds is 48. The summed E-state index contributed by atoms with van der Waals surface area (Å²) in [6.07, 6.45) is 49.0. The molecule has 0 spiro atoms. The first kappa shape index (κ1) is 64.0.